The van der Waals surface area contributed by atoms with Gasteiger partial charge in [-0.05, 0) is 12.8 Å². The zero-order valence-electron chi connectivity index (χ0n) is 12.9. The molecule has 0 radical (unpaired) electrons. The third kappa shape index (κ3) is 8.32. The summed E-state index contributed by atoms with van der Waals surface area (Å²) in [7, 11) is -2.38. The van der Waals surface area contributed by atoms with Gasteiger partial charge in [-0.3, -0.25) is 4.57 Å². The molecule has 0 N–H and O–H groups in total. The lowest BCUT2D eigenvalue weighted by molar-refractivity contribution is 0.300. The second kappa shape index (κ2) is 11.1. The first-order chi connectivity index (χ1) is 8.56. The Hall–Kier alpha value is 0.190. The summed E-state index contributed by atoms with van der Waals surface area (Å²) < 4.78 is 18.4. The fourth-order valence-electron chi connectivity index (χ4n) is 1.95. The van der Waals surface area contributed by atoms with Crippen molar-refractivity contribution in [1.29, 1.82) is 0 Å². The molecule has 0 amide bonds. The first-order valence-corrected chi connectivity index (χ1v) is 9.68. The zero-order valence-corrected chi connectivity index (χ0v) is 13.8. The van der Waals surface area contributed by atoms with Crippen LogP contribution in [-0.2, 0) is 9.09 Å². The SMILES string of the molecule is CCCCCCCCP(=O)(OCCCC)C(C)C. The summed E-state index contributed by atoms with van der Waals surface area (Å²) in [5.41, 5.74) is 0.171. The Morgan fingerprint density at radius 1 is 0.889 bits per heavy atom. The van der Waals surface area contributed by atoms with Gasteiger partial charge in [0, 0.05) is 11.8 Å². The molecule has 0 heterocycles. The van der Waals surface area contributed by atoms with E-state index in [0.29, 0.717) is 6.61 Å². The smallest absolute Gasteiger partial charge is 0.205 e. The van der Waals surface area contributed by atoms with Crippen molar-refractivity contribution in [3.63, 3.8) is 0 Å². The number of unbranched alkanes of at least 4 members (excludes halogenated alkanes) is 6. The van der Waals surface area contributed by atoms with E-state index in [1.807, 2.05) is 13.8 Å². The maximum Gasteiger partial charge on any atom is 0.205 e. The molecule has 2 nitrogen and oxygen atoms in total. The maximum absolute atomic E-state index is 12.7. The van der Waals surface area contributed by atoms with E-state index >= 15 is 0 Å². The van der Waals surface area contributed by atoms with E-state index in [-0.39, 0.29) is 5.66 Å². The van der Waals surface area contributed by atoms with Gasteiger partial charge in [-0.1, -0.05) is 66.2 Å². The lowest BCUT2D eigenvalue weighted by Gasteiger charge is -2.22. The minimum atomic E-state index is -2.38. The summed E-state index contributed by atoms with van der Waals surface area (Å²) in [6, 6.07) is 0. The number of hydrogen-bond donors (Lipinski definition) is 0. The molecule has 0 fully saturated rings. The van der Waals surface area contributed by atoms with Gasteiger partial charge >= 0.3 is 0 Å². The molecular weight excluding hydrogens is 243 g/mol. The summed E-state index contributed by atoms with van der Waals surface area (Å²) in [4.78, 5) is 0. The Labute approximate surface area is 114 Å². The highest BCUT2D eigenvalue weighted by Gasteiger charge is 2.26. The molecule has 1 atom stereocenters. The van der Waals surface area contributed by atoms with Gasteiger partial charge in [0.2, 0.25) is 7.37 Å². The normalized spacial score (nSPS) is 14.9. The monoisotopic (exact) mass is 276 g/mol. The van der Waals surface area contributed by atoms with Crippen molar-refractivity contribution in [2.24, 2.45) is 0 Å². The van der Waals surface area contributed by atoms with Crippen LogP contribution in [0.25, 0.3) is 0 Å². The molecule has 0 rings (SSSR count). The van der Waals surface area contributed by atoms with Crippen LogP contribution in [0.3, 0.4) is 0 Å². The Balaban J connectivity index is 3.85. The van der Waals surface area contributed by atoms with Gasteiger partial charge in [0.05, 0.1) is 6.61 Å². The Morgan fingerprint density at radius 2 is 1.44 bits per heavy atom. The van der Waals surface area contributed by atoms with Crippen molar-refractivity contribution >= 4 is 7.37 Å². The average Bonchev–Trinajstić information content (AvgIpc) is 2.34. The van der Waals surface area contributed by atoms with Gasteiger partial charge in [-0.15, -0.1) is 0 Å². The first kappa shape index (κ1) is 18.2. The first-order valence-electron chi connectivity index (χ1n) is 7.80. The lowest BCUT2D eigenvalue weighted by Crippen LogP contribution is -2.07. The van der Waals surface area contributed by atoms with Crippen LogP contribution in [0.5, 0.6) is 0 Å². The molecule has 0 aromatic rings. The molecule has 0 aliphatic carbocycles. The van der Waals surface area contributed by atoms with E-state index in [2.05, 4.69) is 13.8 Å². The topological polar surface area (TPSA) is 26.3 Å². The highest BCUT2D eigenvalue weighted by molar-refractivity contribution is 7.59. The molecule has 18 heavy (non-hydrogen) atoms. The lowest BCUT2D eigenvalue weighted by atomic mass is 10.1. The van der Waals surface area contributed by atoms with E-state index in [0.717, 1.165) is 25.4 Å². The summed E-state index contributed by atoms with van der Waals surface area (Å²) in [6.45, 7) is 9.10. The van der Waals surface area contributed by atoms with Crippen LogP contribution in [0.15, 0.2) is 0 Å². The molecule has 0 saturated carbocycles. The molecule has 0 saturated heterocycles. The third-order valence-electron chi connectivity index (χ3n) is 3.42. The van der Waals surface area contributed by atoms with Crippen molar-refractivity contribution in [2.45, 2.75) is 84.7 Å². The highest BCUT2D eigenvalue weighted by atomic mass is 31.2. The van der Waals surface area contributed by atoms with Gasteiger partial charge in [0.15, 0.2) is 0 Å². The van der Waals surface area contributed by atoms with E-state index < -0.39 is 7.37 Å². The van der Waals surface area contributed by atoms with Crippen LogP contribution in [0, 0.1) is 0 Å². The van der Waals surface area contributed by atoms with Crippen molar-refractivity contribution in [2.75, 3.05) is 12.8 Å². The van der Waals surface area contributed by atoms with E-state index in [1.165, 1.54) is 32.1 Å². The van der Waals surface area contributed by atoms with Crippen LogP contribution >= 0.6 is 7.37 Å². The van der Waals surface area contributed by atoms with Crippen LogP contribution < -0.4 is 0 Å². The minimum absolute atomic E-state index is 0.171. The molecule has 3 heteroatoms. The molecule has 0 bridgehead atoms. The van der Waals surface area contributed by atoms with Crippen LogP contribution in [0.2, 0.25) is 0 Å². The Bertz CT molecular complexity index is 227. The second-order valence-corrected chi connectivity index (χ2v) is 8.69. The number of hydrogen-bond acceptors (Lipinski definition) is 2. The minimum Gasteiger partial charge on any atom is -0.328 e. The maximum atomic E-state index is 12.7. The molecular formula is C15H33O2P. The van der Waals surface area contributed by atoms with Gasteiger partial charge in [0.1, 0.15) is 0 Å². The summed E-state index contributed by atoms with van der Waals surface area (Å²) >= 11 is 0. The molecule has 0 aliphatic heterocycles. The fraction of sp³-hybridized carbons (Fsp3) is 1.00. The van der Waals surface area contributed by atoms with Gasteiger partial charge in [0.25, 0.3) is 0 Å². The molecule has 110 valence electrons. The van der Waals surface area contributed by atoms with E-state index in [1.54, 1.807) is 0 Å². The summed E-state index contributed by atoms with van der Waals surface area (Å²) in [5.74, 6) is 0. The van der Waals surface area contributed by atoms with Crippen molar-refractivity contribution in [3.05, 3.63) is 0 Å². The van der Waals surface area contributed by atoms with E-state index in [4.69, 9.17) is 4.52 Å². The van der Waals surface area contributed by atoms with Crippen LogP contribution in [0.4, 0.5) is 0 Å². The predicted molar refractivity (Wildman–Crippen MR) is 81.8 cm³/mol. The van der Waals surface area contributed by atoms with Gasteiger partial charge < -0.3 is 4.52 Å². The molecule has 0 aromatic heterocycles. The molecule has 0 spiro atoms. The van der Waals surface area contributed by atoms with Crippen molar-refractivity contribution in [3.8, 4) is 0 Å². The zero-order chi connectivity index (χ0) is 13.9. The predicted octanol–water partition coefficient (Wildman–Crippen LogP) is 5.85. The Kier molecular flexibility index (Phi) is 11.2. The van der Waals surface area contributed by atoms with Crippen molar-refractivity contribution in [1.82, 2.24) is 0 Å². The van der Waals surface area contributed by atoms with Crippen molar-refractivity contribution < 1.29 is 9.09 Å². The molecule has 1 unspecified atom stereocenters. The van der Waals surface area contributed by atoms with Gasteiger partial charge in [-0.2, -0.15) is 0 Å². The largest absolute Gasteiger partial charge is 0.328 e. The third-order valence-corrected chi connectivity index (χ3v) is 6.55. The second-order valence-electron chi connectivity index (χ2n) is 5.50. The quantitative estimate of drug-likeness (QED) is 0.330. The standard InChI is InChI=1S/C15H33O2P/c1-5-7-9-10-11-12-14-18(16,15(3)4)17-13-8-6-2/h15H,5-14H2,1-4H3. The number of rotatable bonds is 12. The molecule has 0 aromatic carbocycles. The molecule has 0 aliphatic rings. The van der Waals surface area contributed by atoms with Crippen LogP contribution in [-0.4, -0.2) is 18.4 Å². The Morgan fingerprint density at radius 3 is 2.00 bits per heavy atom. The average molecular weight is 276 g/mol. The summed E-state index contributed by atoms with van der Waals surface area (Å²) in [6.07, 6.45) is 10.4. The van der Waals surface area contributed by atoms with Crippen LogP contribution in [0.1, 0.15) is 79.1 Å². The highest BCUT2D eigenvalue weighted by Crippen LogP contribution is 2.52. The fourth-order valence-corrected chi connectivity index (χ4v) is 3.99. The summed E-state index contributed by atoms with van der Waals surface area (Å²) in [5, 5.41) is 0. The van der Waals surface area contributed by atoms with Gasteiger partial charge in [-0.25, -0.2) is 0 Å². The van der Waals surface area contributed by atoms with E-state index in [9.17, 15) is 4.57 Å².